The second-order valence-corrected chi connectivity index (χ2v) is 5.40. The SMILES string of the molecule is CCCCCCCCCCC#Cc1cccc(C)c1. The van der Waals surface area contributed by atoms with Crippen LogP contribution in [0.5, 0.6) is 0 Å². The molecule has 1 rings (SSSR count). The van der Waals surface area contributed by atoms with E-state index in [2.05, 4.69) is 50.0 Å². The molecule has 0 aliphatic heterocycles. The summed E-state index contributed by atoms with van der Waals surface area (Å²) in [5.41, 5.74) is 2.44. The lowest BCUT2D eigenvalue weighted by atomic mass is 10.1. The van der Waals surface area contributed by atoms with Crippen molar-refractivity contribution in [2.24, 2.45) is 0 Å². The van der Waals surface area contributed by atoms with Gasteiger partial charge in [0.2, 0.25) is 0 Å². The first-order valence-electron chi connectivity index (χ1n) is 7.88. The highest BCUT2D eigenvalue weighted by Crippen LogP contribution is 2.09. The third-order valence-electron chi connectivity index (χ3n) is 3.41. The average Bonchev–Trinajstić information content (AvgIpc) is 2.41. The highest BCUT2D eigenvalue weighted by molar-refractivity contribution is 5.36. The smallest absolute Gasteiger partial charge is 0.0247 e. The Morgan fingerprint density at radius 1 is 0.895 bits per heavy atom. The van der Waals surface area contributed by atoms with E-state index in [1.165, 1.54) is 56.9 Å². The highest BCUT2D eigenvalue weighted by atomic mass is 14.0. The van der Waals surface area contributed by atoms with Crippen molar-refractivity contribution in [3.05, 3.63) is 35.4 Å². The van der Waals surface area contributed by atoms with Crippen LogP contribution in [-0.2, 0) is 0 Å². The molecule has 0 heterocycles. The van der Waals surface area contributed by atoms with Crippen LogP contribution >= 0.6 is 0 Å². The third kappa shape index (κ3) is 8.49. The van der Waals surface area contributed by atoms with Crippen molar-refractivity contribution in [1.82, 2.24) is 0 Å². The molecule has 0 saturated heterocycles. The minimum absolute atomic E-state index is 1.04. The zero-order valence-electron chi connectivity index (χ0n) is 12.7. The second kappa shape index (κ2) is 10.7. The molecular formula is C19H28. The highest BCUT2D eigenvalue weighted by Gasteiger charge is 1.90. The monoisotopic (exact) mass is 256 g/mol. The molecule has 0 fully saturated rings. The van der Waals surface area contributed by atoms with Crippen molar-refractivity contribution in [3.63, 3.8) is 0 Å². The van der Waals surface area contributed by atoms with Crippen LogP contribution in [-0.4, -0.2) is 0 Å². The van der Waals surface area contributed by atoms with Gasteiger partial charge in [-0.1, -0.05) is 75.8 Å². The van der Waals surface area contributed by atoms with Gasteiger partial charge in [-0.05, 0) is 31.0 Å². The van der Waals surface area contributed by atoms with E-state index >= 15 is 0 Å². The van der Waals surface area contributed by atoms with Crippen molar-refractivity contribution in [2.75, 3.05) is 0 Å². The number of benzene rings is 1. The molecule has 0 atom stereocenters. The average molecular weight is 256 g/mol. The van der Waals surface area contributed by atoms with Gasteiger partial charge in [0.05, 0.1) is 0 Å². The molecule has 0 nitrogen and oxygen atoms in total. The second-order valence-electron chi connectivity index (χ2n) is 5.40. The Hall–Kier alpha value is -1.22. The molecule has 0 heteroatoms. The lowest BCUT2D eigenvalue weighted by Gasteiger charge is -1.99. The van der Waals surface area contributed by atoms with Crippen LogP contribution < -0.4 is 0 Å². The van der Waals surface area contributed by atoms with Crippen LogP contribution in [0.4, 0.5) is 0 Å². The summed E-state index contributed by atoms with van der Waals surface area (Å²) in [7, 11) is 0. The van der Waals surface area contributed by atoms with E-state index in [1.807, 2.05) is 0 Å². The minimum atomic E-state index is 1.04. The Labute approximate surface area is 119 Å². The summed E-state index contributed by atoms with van der Waals surface area (Å²) in [5, 5.41) is 0. The fraction of sp³-hybridized carbons (Fsp3) is 0.579. The Morgan fingerprint density at radius 3 is 2.26 bits per heavy atom. The number of rotatable bonds is 8. The molecule has 19 heavy (non-hydrogen) atoms. The van der Waals surface area contributed by atoms with Crippen LogP contribution in [0.25, 0.3) is 0 Å². The largest absolute Gasteiger partial charge is 0.0979 e. The zero-order chi connectivity index (χ0) is 13.8. The number of unbranched alkanes of at least 4 members (excludes halogenated alkanes) is 8. The van der Waals surface area contributed by atoms with Crippen LogP contribution in [0.15, 0.2) is 24.3 Å². The molecular weight excluding hydrogens is 228 g/mol. The molecule has 0 aromatic heterocycles. The van der Waals surface area contributed by atoms with Gasteiger partial charge in [0.25, 0.3) is 0 Å². The predicted molar refractivity (Wildman–Crippen MR) is 85.3 cm³/mol. The van der Waals surface area contributed by atoms with Crippen molar-refractivity contribution in [2.45, 2.75) is 71.6 Å². The Kier molecular flexibility index (Phi) is 8.90. The summed E-state index contributed by atoms with van der Waals surface area (Å²) in [4.78, 5) is 0. The molecule has 0 spiro atoms. The van der Waals surface area contributed by atoms with Crippen LogP contribution in [0.1, 0.15) is 75.8 Å². The Morgan fingerprint density at radius 2 is 1.58 bits per heavy atom. The summed E-state index contributed by atoms with van der Waals surface area (Å²) in [6.45, 7) is 4.39. The maximum Gasteiger partial charge on any atom is 0.0247 e. The number of aryl methyl sites for hydroxylation is 1. The van der Waals surface area contributed by atoms with Gasteiger partial charge in [-0.25, -0.2) is 0 Å². The predicted octanol–water partition coefficient (Wildman–Crippen LogP) is 5.88. The summed E-state index contributed by atoms with van der Waals surface area (Å²) in [6, 6.07) is 8.44. The molecule has 1 aromatic rings. The summed E-state index contributed by atoms with van der Waals surface area (Å²) in [6.07, 6.45) is 12.0. The van der Waals surface area contributed by atoms with E-state index in [1.54, 1.807) is 0 Å². The minimum Gasteiger partial charge on any atom is -0.0979 e. The Bertz CT molecular complexity index is 392. The molecule has 0 aliphatic carbocycles. The third-order valence-corrected chi connectivity index (χ3v) is 3.41. The molecule has 0 amide bonds. The van der Waals surface area contributed by atoms with Gasteiger partial charge in [0.15, 0.2) is 0 Å². The first-order valence-corrected chi connectivity index (χ1v) is 7.88. The summed E-state index contributed by atoms with van der Waals surface area (Å²) in [5.74, 6) is 6.54. The van der Waals surface area contributed by atoms with Gasteiger partial charge >= 0.3 is 0 Å². The van der Waals surface area contributed by atoms with E-state index in [4.69, 9.17) is 0 Å². The fourth-order valence-electron chi connectivity index (χ4n) is 2.23. The lowest BCUT2D eigenvalue weighted by Crippen LogP contribution is -1.80. The maximum atomic E-state index is 3.29. The molecule has 0 unspecified atom stereocenters. The van der Waals surface area contributed by atoms with Crippen LogP contribution in [0.3, 0.4) is 0 Å². The Balaban J connectivity index is 2.02. The van der Waals surface area contributed by atoms with E-state index in [-0.39, 0.29) is 0 Å². The summed E-state index contributed by atoms with van der Waals surface area (Å²) >= 11 is 0. The fourth-order valence-corrected chi connectivity index (χ4v) is 2.23. The van der Waals surface area contributed by atoms with Crippen LogP contribution in [0, 0.1) is 18.8 Å². The van der Waals surface area contributed by atoms with Gasteiger partial charge in [-0.2, -0.15) is 0 Å². The van der Waals surface area contributed by atoms with Gasteiger partial charge < -0.3 is 0 Å². The molecule has 0 aliphatic rings. The first kappa shape index (κ1) is 15.8. The standard InChI is InChI=1S/C19H28/c1-3-4-5-6-7-8-9-10-11-12-15-19-16-13-14-18(2)17-19/h13-14,16-17H,3-11H2,1-2H3. The van der Waals surface area contributed by atoms with Gasteiger partial charge in [-0.3, -0.25) is 0 Å². The van der Waals surface area contributed by atoms with E-state index in [0.717, 1.165) is 12.0 Å². The summed E-state index contributed by atoms with van der Waals surface area (Å²) < 4.78 is 0. The quantitative estimate of drug-likeness (QED) is 0.402. The molecule has 1 aromatic carbocycles. The van der Waals surface area contributed by atoms with Crippen LogP contribution in [0.2, 0.25) is 0 Å². The van der Waals surface area contributed by atoms with Crippen molar-refractivity contribution < 1.29 is 0 Å². The molecule has 0 radical (unpaired) electrons. The molecule has 0 N–H and O–H groups in total. The molecule has 0 bridgehead atoms. The van der Waals surface area contributed by atoms with E-state index < -0.39 is 0 Å². The lowest BCUT2D eigenvalue weighted by molar-refractivity contribution is 0.579. The maximum absolute atomic E-state index is 3.29. The normalized spacial score (nSPS) is 10.0. The van der Waals surface area contributed by atoms with E-state index in [9.17, 15) is 0 Å². The zero-order valence-corrected chi connectivity index (χ0v) is 12.7. The van der Waals surface area contributed by atoms with Crippen molar-refractivity contribution in [1.29, 1.82) is 0 Å². The topological polar surface area (TPSA) is 0 Å². The number of hydrogen-bond acceptors (Lipinski definition) is 0. The van der Waals surface area contributed by atoms with Gasteiger partial charge in [0, 0.05) is 12.0 Å². The van der Waals surface area contributed by atoms with Gasteiger partial charge in [0.1, 0.15) is 0 Å². The number of hydrogen-bond donors (Lipinski definition) is 0. The van der Waals surface area contributed by atoms with Gasteiger partial charge in [-0.15, -0.1) is 0 Å². The van der Waals surface area contributed by atoms with Crippen molar-refractivity contribution >= 4 is 0 Å². The first-order chi connectivity index (χ1) is 9.33. The molecule has 104 valence electrons. The van der Waals surface area contributed by atoms with E-state index in [0.29, 0.717) is 0 Å². The van der Waals surface area contributed by atoms with Crippen molar-refractivity contribution in [3.8, 4) is 11.8 Å². The molecule has 0 saturated carbocycles.